The van der Waals surface area contributed by atoms with Crippen molar-refractivity contribution in [1.29, 1.82) is 0 Å². The van der Waals surface area contributed by atoms with Crippen LogP contribution in [0.15, 0.2) is 24.3 Å². The number of hydrogen-bond acceptors (Lipinski definition) is 1. The van der Waals surface area contributed by atoms with E-state index in [1.54, 1.807) is 0 Å². The highest BCUT2D eigenvalue weighted by Crippen LogP contribution is 2.13. The van der Waals surface area contributed by atoms with Gasteiger partial charge in [0, 0.05) is 12.8 Å². The van der Waals surface area contributed by atoms with Crippen molar-refractivity contribution in [3.63, 3.8) is 0 Å². The van der Waals surface area contributed by atoms with Crippen molar-refractivity contribution in [2.45, 2.75) is 52.4 Å². The molecule has 0 unspecified atom stereocenters. The van der Waals surface area contributed by atoms with Crippen LogP contribution in [0.4, 0.5) is 0 Å². The van der Waals surface area contributed by atoms with Crippen LogP contribution in [0.3, 0.4) is 0 Å². The van der Waals surface area contributed by atoms with Gasteiger partial charge in [-0.15, -0.1) is 11.8 Å². The van der Waals surface area contributed by atoms with Gasteiger partial charge in [-0.25, -0.2) is 0 Å². The molecule has 1 nitrogen and oxygen atoms in total. The highest BCUT2D eigenvalue weighted by molar-refractivity contribution is 5.27. The fourth-order valence-corrected chi connectivity index (χ4v) is 1.71. The molecule has 0 heterocycles. The van der Waals surface area contributed by atoms with Crippen molar-refractivity contribution in [1.82, 2.24) is 0 Å². The molecule has 1 rings (SSSR count). The Balaban J connectivity index is 2.28. The summed E-state index contributed by atoms with van der Waals surface area (Å²) >= 11 is 0. The van der Waals surface area contributed by atoms with E-state index in [-0.39, 0.29) is 0 Å². The van der Waals surface area contributed by atoms with E-state index in [4.69, 9.17) is 4.74 Å². The maximum Gasteiger partial charge on any atom is 0.119 e. The third-order valence-electron chi connectivity index (χ3n) is 2.78. The number of benzene rings is 1. The molecule has 0 aliphatic carbocycles. The summed E-state index contributed by atoms with van der Waals surface area (Å²) in [4.78, 5) is 0. The Labute approximate surface area is 112 Å². The van der Waals surface area contributed by atoms with E-state index in [1.165, 1.54) is 18.4 Å². The molecule has 0 atom stereocenters. The molecule has 0 radical (unpaired) electrons. The first-order valence-corrected chi connectivity index (χ1v) is 7.04. The van der Waals surface area contributed by atoms with Gasteiger partial charge < -0.3 is 4.74 Å². The van der Waals surface area contributed by atoms with Crippen molar-refractivity contribution >= 4 is 0 Å². The number of hydrogen-bond donors (Lipinski definition) is 0. The lowest BCUT2D eigenvalue weighted by Gasteiger charge is -2.06. The van der Waals surface area contributed by atoms with Gasteiger partial charge >= 0.3 is 0 Å². The summed E-state index contributed by atoms with van der Waals surface area (Å²) in [5.41, 5.74) is 1.33. The second-order valence-electron chi connectivity index (χ2n) is 4.41. The van der Waals surface area contributed by atoms with Gasteiger partial charge in [-0.05, 0) is 30.5 Å². The van der Waals surface area contributed by atoms with Crippen LogP contribution in [0.1, 0.15) is 51.5 Å². The molecule has 0 bridgehead atoms. The molecule has 0 saturated heterocycles. The van der Waals surface area contributed by atoms with Crippen LogP contribution in [0.5, 0.6) is 5.75 Å². The van der Waals surface area contributed by atoms with E-state index in [1.807, 2.05) is 0 Å². The van der Waals surface area contributed by atoms with Crippen LogP contribution in [-0.4, -0.2) is 6.61 Å². The topological polar surface area (TPSA) is 9.23 Å². The molecule has 0 saturated carbocycles. The van der Waals surface area contributed by atoms with Crippen LogP contribution in [0, 0.1) is 11.8 Å². The molecule has 0 amide bonds. The third kappa shape index (κ3) is 6.35. The fourth-order valence-electron chi connectivity index (χ4n) is 1.71. The minimum atomic E-state index is 0.829. The van der Waals surface area contributed by atoms with Crippen molar-refractivity contribution < 1.29 is 4.74 Å². The van der Waals surface area contributed by atoms with E-state index in [0.717, 1.165) is 38.0 Å². The van der Waals surface area contributed by atoms with Crippen molar-refractivity contribution in [2.75, 3.05) is 6.61 Å². The Kier molecular flexibility index (Phi) is 7.80. The molecular weight excluding hydrogens is 220 g/mol. The summed E-state index contributed by atoms with van der Waals surface area (Å²) in [5, 5.41) is 0. The SMILES string of the molecule is CCC#CCCc1ccc(OCCCCC)cc1. The summed E-state index contributed by atoms with van der Waals surface area (Å²) in [6.07, 6.45) is 6.55. The van der Waals surface area contributed by atoms with Gasteiger partial charge in [0.1, 0.15) is 5.75 Å². The van der Waals surface area contributed by atoms with Crippen LogP contribution in [0.2, 0.25) is 0 Å². The Bertz CT molecular complexity index is 367. The number of ether oxygens (including phenoxy) is 1. The zero-order chi connectivity index (χ0) is 13.1. The minimum absolute atomic E-state index is 0.829. The Morgan fingerprint density at radius 1 is 1.00 bits per heavy atom. The van der Waals surface area contributed by atoms with Crippen LogP contribution < -0.4 is 4.74 Å². The second kappa shape index (κ2) is 9.59. The van der Waals surface area contributed by atoms with Crippen molar-refractivity contribution in [3.8, 4) is 17.6 Å². The molecule has 0 aliphatic heterocycles. The molecule has 1 aromatic carbocycles. The first-order chi connectivity index (χ1) is 8.86. The molecule has 0 fully saturated rings. The summed E-state index contributed by atoms with van der Waals surface area (Å²) in [7, 11) is 0. The van der Waals surface area contributed by atoms with Gasteiger partial charge in [-0.3, -0.25) is 0 Å². The quantitative estimate of drug-likeness (QED) is 0.503. The van der Waals surface area contributed by atoms with Gasteiger partial charge in [0.25, 0.3) is 0 Å². The Morgan fingerprint density at radius 3 is 2.44 bits per heavy atom. The smallest absolute Gasteiger partial charge is 0.119 e. The van der Waals surface area contributed by atoms with Crippen LogP contribution in [-0.2, 0) is 6.42 Å². The molecule has 0 aromatic heterocycles. The predicted molar refractivity (Wildman–Crippen MR) is 77.9 cm³/mol. The highest BCUT2D eigenvalue weighted by Gasteiger charge is 1.95. The molecule has 0 aliphatic rings. The monoisotopic (exact) mass is 244 g/mol. The van der Waals surface area contributed by atoms with E-state index in [2.05, 4.69) is 50.0 Å². The maximum absolute atomic E-state index is 5.68. The van der Waals surface area contributed by atoms with Gasteiger partial charge in [0.2, 0.25) is 0 Å². The summed E-state index contributed by atoms with van der Waals surface area (Å²) in [6, 6.07) is 8.41. The zero-order valence-corrected chi connectivity index (χ0v) is 11.7. The molecular formula is C17H24O. The fraction of sp³-hybridized carbons (Fsp3) is 0.529. The van der Waals surface area contributed by atoms with E-state index in [0.29, 0.717) is 0 Å². The van der Waals surface area contributed by atoms with Gasteiger partial charge in [-0.2, -0.15) is 0 Å². The first kappa shape index (κ1) is 14.6. The Morgan fingerprint density at radius 2 is 1.78 bits per heavy atom. The van der Waals surface area contributed by atoms with Crippen LogP contribution >= 0.6 is 0 Å². The van der Waals surface area contributed by atoms with Crippen molar-refractivity contribution in [2.24, 2.45) is 0 Å². The standard InChI is InChI=1S/C17H24O/c1-3-5-7-8-10-16-11-13-17(14-12-16)18-15-9-6-4-2/h11-14H,3-4,6,8-10,15H2,1-2H3. The number of aryl methyl sites for hydroxylation is 1. The average molecular weight is 244 g/mol. The molecule has 0 spiro atoms. The lowest BCUT2D eigenvalue weighted by molar-refractivity contribution is 0.306. The molecule has 98 valence electrons. The lowest BCUT2D eigenvalue weighted by atomic mass is 10.1. The van der Waals surface area contributed by atoms with E-state index >= 15 is 0 Å². The zero-order valence-electron chi connectivity index (χ0n) is 11.7. The van der Waals surface area contributed by atoms with Crippen molar-refractivity contribution in [3.05, 3.63) is 29.8 Å². The largest absolute Gasteiger partial charge is 0.494 e. The minimum Gasteiger partial charge on any atom is -0.494 e. The summed E-state index contributed by atoms with van der Waals surface area (Å²) in [6.45, 7) is 5.11. The third-order valence-corrected chi connectivity index (χ3v) is 2.78. The molecule has 0 N–H and O–H groups in total. The van der Waals surface area contributed by atoms with Crippen LogP contribution in [0.25, 0.3) is 0 Å². The summed E-state index contributed by atoms with van der Waals surface area (Å²) in [5.74, 6) is 7.24. The van der Waals surface area contributed by atoms with E-state index < -0.39 is 0 Å². The van der Waals surface area contributed by atoms with Gasteiger partial charge in [0.05, 0.1) is 6.61 Å². The number of unbranched alkanes of at least 4 members (excludes halogenated alkanes) is 2. The molecule has 1 aromatic rings. The highest BCUT2D eigenvalue weighted by atomic mass is 16.5. The normalized spacial score (nSPS) is 9.67. The first-order valence-electron chi connectivity index (χ1n) is 7.04. The van der Waals surface area contributed by atoms with E-state index in [9.17, 15) is 0 Å². The maximum atomic E-state index is 5.68. The Hall–Kier alpha value is -1.42. The second-order valence-corrected chi connectivity index (χ2v) is 4.41. The molecule has 1 heteroatoms. The lowest BCUT2D eigenvalue weighted by Crippen LogP contribution is -1.97. The molecule has 18 heavy (non-hydrogen) atoms. The summed E-state index contributed by atoms with van der Waals surface area (Å²) < 4.78 is 5.68. The average Bonchev–Trinajstić information content (AvgIpc) is 2.41. The van der Waals surface area contributed by atoms with Gasteiger partial charge in [0.15, 0.2) is 0 Å². The number of rotatable bonds is 7. The predicted octanol–water partition coefficient (Wildman–Crippen LogP) is 4.60. The van der Waals surface area contributed by atoms with Gasteiger partial charge in [-0.1, -0.05) is 38.8 Å².